The van der Waals surface area contributed by atoms with Crippen molar-refractivity contribution in [2.24, 2.45) is 29.1 Å². The second kappa shape index (κ2) is 10.0. The molecule has 0 aromatic rings. The number of carbonyl (C=O) groups excluding carboxylic acids is 2. The van der Waals surface area contributed by atoms with Crippen LogP contribution in [0.25, 0.3) is 0 Å². The maximum absolute atomic E-state index is 13.7. The summed E-state index contributed by atoms with van der Waals surface area (Å²) in [5.41, 5.74) is 0.612. The second-order valence-electron chi connectivity index (χ2n) is 11.0. The van der Waals surface area contributed by atoms with Crippen LogP contribution in [0.5, 0.6) is 0 Å². The van der Waals surface area contributed by atoms with Gasteiger partial charge in [-0.3, -0.25) is 9.35 Å². The molecule has 4 rings (SSSR count). The Balaban J connectivity index is 1.28. The average Bonchev–Trinajstić information content (AvgIpc) is 2.77. The molecule has 0 aromatic heterocycles. The highest BCUT2D eigenvalue weighted by molar-refractivity contribution is 7.87. The standard InChI is InChI=1S/C24H34F2O8S/c1-23(21(27)33-14-32-13-18-8-15-3-2-4-16(7-15)9-18)11-17-5-6-20(19(10-17)12-23)34-22(28)24(25,26)35(29,30)31/h8,16-20H,2-7,9-14H2,1H3,(H,29,30,31). The summed E-state index contributed by atoms with van der Waals surface area (Å²) in [5, 5.41) is -5.04. The summed E-state index contributed by atoms with van der Waals surface area (Å²) in [6, 6.07) is 0. The summed E-state index contributed by atoms with van der Waals surface area (Å²) in [4.78, 5) is 24.7. The van der Waals surface area contributed by atoms with Crippen molar-refractivity contribution in [3.63, 3.8) is 0 Å². The SMILES string of the molecule is CC1(C(=O)OCOCC2C=C3CCCC(C3)C2)CC2CCC(OC(=O)C(F)(F)S(=O)(=O)O)C(C2)C1. The van der Waals surface area contributed by atoms with E-state index in [9.17, 15) is 26.8 Å². The molecular weight excluding hydrogens is 486 g/mol. The zero-order chi connectivity index (χ0) is 25.4. The topological polar surface area (TPSA) is 116 Å². The predicted molar refractivity (Wildman–Crippen MR) is 120 cm³/mol. The lowest BCUT2D eigenvalue weighted by molar-refractivity contribution is -0.182. The van der Waals surface area contributed by atoms with Crippen molar-refractivity contribution in [3.05, 3.63) is 11.6 Å². The minimum Gasteiger partial charge on any atom is -0.457 e. The van der Waals surface area contributed by atoms with Crippen LogP contribution in [0, 0.1) is 29.1 Å². The third kappa shape index (κ3) is 5.88. The van der Waals surface area contributed by atoms with Gasteiger partial charge in [-0.2, -0.15) is 17.2 Å². The molecule has 3 fully saturated rings. The quantitative estimate of drug-likeness (QED) is 0.166. The molecule has 1 N–H and O–H groups in total. The molecule has 3 saturated carbocycles. The number of fused-ring (bicyclic) bond motifs is 4. The van der Waals surface area contributed by atoms with Gasteiger partial charge in [0.2, 0.25) is 0 Å². The Kier molecular flexibility index (Phi) is 7.60. The number of hydrogen-bond donors (Lipinski definition) is 1. The van der Waals surface area contributed by atoms with Gasteiger partial charge < -0.3 is 14.2 Å². The van der Waals surface area contributed by atoms with Crippen LogP contribution in [0.15, 0.2) is 11.6 Å². The Morgan fingerprint density at radius 1 is 1.17 bits per heavy atom. The monoisotopic (exact) mass is 520 g/mol. The van der Waals surface area contributed by atoms with E-state index in [1.165, 1.54) is 24.8 Å². The van der Waals surface area contributed by atoms with E-state index in [0.29, 0.717) is 31.8 Å². The first-order chi connectivity index (χ1) is 16.4. The number of esters is 2. The van der Waals surface area contributed by atoms with E-state index in [4.69, 9.17) is 18.8 Å². The van der Waals surface area contributed by atoms with Gasteiger partial charge in [0, 0.05) is 5.92 Å². The molecule has 8 nitrogen and oxygen atoms in total. The highest BCUT2D eigenvalue weighted by Crippen LogP contribution is 2.50. The van der Waals surface area contributed by atoms with Gasteiger partial charge in [0.05, 0.1) is 12.0 Å². The van der Waals surface area contributed by atoms with Crippen LogP contribution in [-0.2, 0) is 33.9 Å². The highest BCUT2D eigenvalue weighted by atomic mass is 32.2. The van der Waals surface area contributed by atoms with E-state index in [1.807, 2.05) is 0 Å². The summed E-state index contributed by atoms with van der Waals surface area (Å²) in [7, 11) is -5.93. The minimum absolute atomic E-state index is 0.137. The number of carbonyl (C=O) groups is 2. The summed E-state index contributed by atoms with van der Waals surface area (Å²) in [6.45, 7) is 2.08. The lowest BCUT2D eigenvalue weighted by Crippen LogP contribution is -2.48. The fourth-order valence-electron chi connectivity index (χ4n) is 6.63. The van der Waals surface area contributed by atoms with Crippen molar-refractivity contribution in [2.75, 3.05) is 13.4 Å². The maximum Gasteiger partial charge on any atom is 0.465 e. The van der Waals surface area contributed by atoms with Crippen LogP contribution in [0.1, 0.15) is 71.1 Å². The van der Waals surface area contributed by atoms with E-state index in [2.05, 4.69) is 6.08 Å². The number of alkyl halides is 2. The Morgan fingerprint density at radius 3 is 2.66 bits per heavy atom. The third-order valence-electron chi connectivity index (χ3n) is 8.16. The molecule has 35 heavy (non-hydrogen) atoms. The lowest BCUT2D eigenvalue weighted by atomic mass is 9.60. The maximum atomic E-state index is 13.7. The smallest absolute Gasteiger partial charge is 0.457 e. The Labute approximate surface area is 204 Å². The Morgan fingerprint density at radius 2 is 1.94 bits per heavy atom. The fourth-order valence-corrected chi connectivity index (χ4v) is 6.88. The molecule has 0 spiro atoms. The van der Waals surface area contributed by atoms with E-state index in [-0.39, 0.29) is 25.6 Å². The molecule has 0 saturated heterocycles. The van der Waals surface area contributed by atoms with Crippen LogP contribution in [0.3, 0.4) is 0 Å². The molecule has 0 aliphatic heterocycles. The molecule has 0 radical (unpaired) electrons. The molecular formula is C24H34F2O8S. The Bertz CT molecular complexity index is 965. The molecule has 0 aromatic carbocycles. The van der Waals surface area contributed by atoms with Gasteiger partial charge in [-0.1, -0.05) is 11.6 Å². The molecule has 0 amide bonds. The zero-order valence-corrected chi connectivity index (χ0v) is 20.7. The lowest BCUT2D eigenvalue weighted by Gasteiger charge is -2.46. The van der Waals surface area contributed by atoms with Crippen molar-refractivity contribution in [1.29, 1.82) is 0 Å². The average molecular weight is 521 g/mol. The molecule has 4 aliphatic rings. The van der Waals surface area contributed by atoms with E-state index in [0.717, 1.165) is 18.8 Å². The fraction of sp³-hybridized carbons (Fsp3) is 0.833. The van der Waals surface area contributed by atoms with Crippen LogP contribution >= 0.6 is 0 Å². The first kappa shape index (κ1) is 26.5. The van der Waals surface area contributed by atoms with Gasteiger partial charge in [-0.15, -0.1) is 0 Å². The molecule has 6 unspecified atom stereocenters. The zero-order valence-electron chi connectivity index (χ0n) is 19.9. The molecule has 4 bridgehead atoms. The summed E-state index contributed by atoms with van der Waals surface area (Å²) in [5.74, 6) is -1.94. The number of rotatable bonds is 8. The Hall–Kier alpha value is -1.59. The predicted octanol–water partition coefficient (Wildman–Crippen LogP) is 4.25. The number of allylic oxidation sites excluding steroid dienone is 1. The summed E-state index contributed by atoms with van der Waals surface area (Å²) in [6.07, 6.45) is 9.52. The number of halogens is 2. The van der Waals surface area contributed by atoms with Crippen LogP contribution in [0.4, 0.5) is 8.78 Å². The molecule has 6 atom stereocenters. The van der Waals surface area contributed by atoms with E-state index < -0.39 is 44.7 Å². The van der Waals surface area contributed by atoms with Gasteiger partial charge in [0.25, 0.3) is 0 Å². The number of hydrogen-bond acceptors (Lipinski definition) is 7. The van der Waals surface area contributed by atoms with Gasteiger partial charge in [0.1, 0.15) is 6.10 Å². The summed E-state index contributed by atoms with van der Waals surface area (Å²) >= 11 is 0. The van der Waals surface area contributed by atoms with Crippen molar-refractivity contribution in [1.82, 2.24) is 0 Å². The molecule has 198 valence electrons. The van der Waals surface area contributed by atoms with Crippen LogP contribution in [0.2, 0.25) is 0 Å². The summed E-state index contributed by atoms with van der Waals surface area (Å²) < 4.78 is 73.6. The van der Waals surface area contributed by atoms with Crippen molar-refractivity contribution in [3.8, 4) is 0 Å². The van der Waals surface area contributed by atoms with E-state index >= 15 is 0 Å². The van der Waals surface area contributed by atoms with Gasteiger partial charge in [0.15, 0.2) is 6.79 Å². The number of ether oxygens (including phenoxy) is 3. The van der Waals surface area contributed by atoms with Gasteiger partial charge >= 0.3 is 27.3 Å². The van der Waals surface area contributed by atoms with Crippen LogP contribution in [-0.4, -0.2) is 49.7 Å². The first-order valence-electron chi connectivity index (χ1n) is 12.4. The largest absolute Gasteiger partial charge is 0.465 e. The molecule has 4 aliphatic carbocycles. The molecule has 11 heteroatoms. The van der Waals surface area contributed by atoms with Crippen molar-refractivity contribution >= 4 is 22.1 Å². The van der Waals surface area contributed by atoms with E-state index in [1.54, 1.807) is 6.92 Å². The minimum atomic E-state index is -5.93. The molecule has 0 heterocycles. The van der Waals surface area contributed by atoms with Gasteiger partial charge in [-0.25, -0.2) is 4.79 Å². The van der Waals surface area contributed by atoms with Crippen LogP contribution < -0.4 is 0 Å². The normalized spacial score (nSPS) is 35.1. The van der Waals surface area contributed by atoms with Gasteiger partial charge in [-0.05, 0) is 88.9 Å². The first-order valence-corrected chi connectivity index (χ1v) is 13.8. The van der Waals surface area contributed by atoms with Crippen molar-refractivity contribution in [2.45, 2.75) is 82.5 Å². The second-order valence-corrected chi connectivity index (χ2v) is 12.5. The van der Waals surface area contributed by atoms with Crippen molar-refractivity contribution < 1.29 is 45.6 Å². The highest BCUT2D eigenvalue weighted by Gasteiger charge is 2.56. The third-order valence-corrected chi connectivity index (χ3v) is 8.97.